The highest BCUT2D eigenvalue weighted by molar-refractivity contribution is 9.10. The van der Waals surface area contributed by atoms with Gasteiger partial charge in [0.25, 0.3) is 0 Å². The maximum absolute atomic E-state index is 12.9. The van der Waals surface area contributed by atoms with Crippen LogP contribution in [0, 0.1) is 5.82 Å². The van der Waals surface area contributed by atoms with Gasteiger partial charge in [0.2, 0.25) is 0 Å². The number of esters is 2. The third-order valence-electron chi connectivity index (χ3n) is 3.20. The van der Waals surface area contributed by atoms with Gasteiger partial charge in [0.1, 0.15) is 11.6 Å². The summed E-state index contributed by atoms with van der Waals surface area (Å²) < 4.78 is 23.6. The van der Waals surface area contributed by atoms with E-state index < -0.39 is 17.8 Å². The predicted octanol–water partition coefficient (Wildman–Crippen LogP) is 4.79. The van der Waals surface area contributed by atoms with Crippen molar-refractivity contribution in [2.24, 2.45) is 0 Å². The molecule has 128 valence electrons. The fourth-order valence-corrected chi connectivity index (χ4v) is 2.39. The van der Waals surface area contributed by atoms with Crippen molar-refractivity contribution < 1.29 is 23.5 Å². The summed E-state index contributed by atoms with van der Waals surface area (Å²) in [7, 11) is 0. The lowest BCUT2D eigenvalue weighted by Crippen LogP contribution is -2.17. The normalized spacial score (nSPS) is 11.8. The summed E-state index contributed by atoms with van der Waals surface area (Å²) in [4.78, 5) is 23.4. The van der Waals surface area contributed by atoms with Crippen LogP contribution in [-0.2, 0) is 14.3 Å². The molecule has 0 spiro atoms. The molecule has 0 saturated carbocycles. The van der Waals surface area contributed by atoms with E-state index in [0.717, 1.165) is 25.7 Å². The highest BCUT2D eigenvalue weighted by Crippen LogP contribution is 2.25. The van der Waals surface area contributed by atoms with Crippen molar-refractivity contribution in [2.75, 3.05) is 0 Å². The first-order chi connectivity index (χ1) is 10.9. The largest absolute Gasteiger partial charge is 0.463 e. The summed E-state index contributed by atoms with van der Waals surface area (Å²) in [6.45, 7) is 3.96. The zero-order valence-electron chi connectivity index (χ0n) is 13.4. The number of halogens is 2. The highest BCUT2D eigenvalue weighted by atomic mass is 79.9. The Bertz CT molecular complexity index is 533. The second kappa shape index (κ2) is 10.4. The Kier molecular flexibility index (Phi) is 8.84. The molecule has 1 aromatic carbocycles. The molecule has 0 aromatic heterocycles. The highest BCUT2D eigenvalue weighted by Gasteiger charge is 2.14. The van der Waals surface area contributed by atoms with Gasteiger partial charge < -0.3 is 9.47 Å². The minimum atomic E-state index is -0.562. The fraction of sp³-hybridized carbons (Fsp3) is 0.529. The molecule has 0 aliphatic heterocycles. The molecule has 6 heteroatoms. The zero-order valence-corrected chi connectivity index (χ0v) is 15.0. The lowest BCUT2D eigenvalue weighted by atomic mass is 10.1. The molecule has 0 saturated heterocycles. The van der Waals surface area contributed by atoms with Crippen LogP contribution in [0.2, 0.25) is 0 Å². The number of unbranched alkanes of at least 4 members (excludes halogenated alkanes) is 2. The van der Waals surface area contributed by atoms with Crippen molar-refractivity contribution in [3.05, 3.63) is 28.5 Å². The van der Waals surface area contributed by atoms with Crippen LogP contribution in [0.4, 0.5) is 4.39 Å². The Balaban J connectivity index is 2.31. The van der Waals surface area contributed by atoms with Crippen LogP contribution >= 0.6 is 15.9 Å². The predicted molar refractivity (Wildman–Crippen MR) is 88.7 cm³/mol. The van der Waals surface area contributed by atoms with E-state index >= 15 is 0 Å². The van der Waals surface area contributed by atoms with Gasteiger partial charge >= 0.3 is 11.9 Å². The first-order valence-electron chi connectivity index (χ1n) is 7.77. The monoisotopic (exact) mass is 388 g/mol. The van der Waals surface area contributed by atoms with Gasteiger partial charge in [-0.3, -0.25) is 9.59 Å². The summed E-state index contributed by atoms with van der Waals surface area (Å²) >= 11 is 3.11. The molecule has 0 radical (unpaired) electrons. The van der Waals surface area contributed by atoms with Crippen molar-refractivity contribution in [1.82, 2.24) is 0 Å². The Morgan fingerprint density at radius 2 is 1.91 bits per heavy atom. The smallest absolute Gasteiger partial charge is 0.311 e. The molecule has 0 fully saturated rings. The maximum Gasteiger partial charge on any atom is 0.311 e. The van der Waals surface area contributed by atoms with Gasteiger partial charge in [0.15, 0.2) is 0 Å². The van der Waals surface area contributed by atoms with E-state index in [4.69, 9.17) is 9.47 Å². The summed E-state index contributed by atoms with van der Waals surface area (Å²) in [5.41, 5.74) is 0. The molecule has 0 aliphatic rings. The second-order valence-corrected chi connectivity index (χ2v) is 6.20. The molecule has 0 N–H and O–H groups in total. The Morgan fingerprint density at radius 3 is 2.57 bits per heavy atom. The molecular formula is C17H22BrFO4. The Morgan fingerprint density at radius 1 is 1.22 bits per heavy atom. The number of ether oxygens (including phenoxy) is 2. The first kappa shape index (κ1) is 19.6. The van der Waals surface area contributed by atoms with Crippen LogP contribution in [0.15, 0.2) is 22.7 Å². The summed E-state index contributed by atoms with van der Waals surface area (Å²) in [6.07, 6.45) is 3.82. The molecule has 0 amide bonds. The molecule has 1 unspecified atom stereocenters. The van der Waals surface area contributed by atoms with Crippen LogP contribution in [0.3, 0.4) is 0 Å². The van der Waals surface area contributed by atoms with E-state index in [2.05, 4.69) is 22.9 Å². The number of hydrogen-bond acceptors (Lipinski definition) is 4. The van der Waals surface area contributed by atoms with Gasteiger partial charge in [-0.1, -0.05) is 19.8 Å². The minimum absolute atomic E-state index is 0.0320. The van der Waals surface area contributed by atoms with Crippen LogP contribution in [0.25, 0.3) is 0 Å². The number of benzene rings is 1. The van der Waals surface area contributed by atoms with Gasteiger partial charge in [-0.25, -0.2) is 4.39 Å². The number of carbonyl (C=O) groups excluding carboxylic acids is 2. The van der Waals surface area contributed by atoms with Crippen LogP contribution < -0.4 is 4.74 Å². The van der Waals surface area contributed by atoms with Gasteiger partial charge in [-0.15, -0.1) is 0 Å². The van der Waals surface area contributed by atoms with E-state index in [1.165, 1.54) is 18.2 Å². The molecule has 1 atom stereocenters. The van der Waals surface area contributed by atoms with Crippen LogP contribution in [0.1, 0.15) is 52.4 Å². The summed E-state index contributed by atoms with van der Waals surface area (Å²) in [5.74, 6) is -1.19. The van der Waals surface area contributed by atoms with Crippen molar-refractivity contribution in [3.8, 4) is 5.75 Å². The maximum atomic E-state index is 12.9. The number of carbonyl (C=O) groups is 2. The van der Waals surface area contributed by atoms with E-state index in [1.807, 2.05) is 6.92 Å². The molecule has 1 rings (SSSR count). The molecule has 0 aliphatic carbocycles. The lowest BCUT2D eigenvalue weighted by Gasteiger charge is -2.12. The third-order valence-corrected chi connectivity index (χ3v) is 3.82. The SMILES string of the molecule is CCCCCC(C)OC(=O)CCC(=O)Oc1ccc(F)cc1Br. The topological polar surface area (TPSA) is 52.6 Å². The van der Waals surface area contributed by atoms with Crippen molar-refractivity contribution in [1.29, 1.82) is 0 Å². The van der Waals surface area contributed by atoms with Gasteiger partial charge in [-0.05, 0) is 53.9 Å². The van der Waals surface area contributed by atoms with E-state index in [0.29, 0.717) is 4.47 Å². The first-order valence-corrected chi connectivity index (χ1v) is 8.57. The molecule has 23 heavy (non-hydrogen) atoms. The minimum Gasteiger partial charge on any atom is -0.463 e. The van der Waals surface area contributed by atoms with Crippen molar-refractivity contribution in [3.63, 3.8) is 0 Å². The van der Waals surface area contributed by atoms with Crippen molar-refractivity contribution in [2.45, 2.75) is 58.5 Å². The Labute approximate surface area is 144 Å². The van der Waals surface area contributed by atoms with Crippen LogP contribution in [0.5, 0.6) is 5.75 Å². The molecule has 0 bridgehead atoms. The fourth-order valence-electron chi connectivity index (χ4n) is 1.96. The number of hydrogen-bond donors (Lipinski definition) is 0. The van der Waals surface area contributed by atoms with Gasteiger partial charge in [0, 0.05) is 0 Å². The molecule has 0 heterocycles. The zero-order chi connectivity index (χ0) is 17.2. The van der Waals surface area contributed by atoms with Crippen LogP contribution in [-0.4, -0.2) is 18.0 Å². The van der Waals surface area contributed by atoms with Gasteiger partial charge in [-0.2, -0.15) is 0 Å². The van der Waals surface area contributed by atoms with Gasteiger partial charge in [0.05, 0.1) is 23.4 Å². The average Bonchev–Trinajstić information content (AvgIpc) is 2.48. The average molecular weight is 389 g/mol. The lowest BCUT2D eigenvalue weighted by molar-refractivity contribution is -0.151. The number of rotatable bonds is 9. The van der Waals surface area contributed by atoms with E-state index in [1.54, 1.807) is 0 Å². The van der Waals surface area contributed by atoms with E-state index in [-0.39, 0.29) is 24.7 Å². The quantitative estimate of drug-likeness (QED) is 0.346. The molecular weight excluding hydrogens is 367 g/mol. The third kappa shape index (κ3) is 8.11. The van der Waals surface area contributed by atoms with Crippen molar-refractivity contribution >= 4 is 27.9 Å². The Hall–Kier alpha value is -1.43. The summed E-state index contributed by atoms with van der Waals surface area (Å²) in [5, 5.41) is 0. The summed E-state index contributed by atoms with van der Waals surface area (Å²) in [6, 6.07) is 3.75. The molecule has 1 aromatic rings. The molecule has 4 nitrogen and oxygen atoms in total. The van der Waals surface area contributed by atoms with E-state index in [9.17, 15) is 14.0 Å². The second-order valence-electron chi connectivity index (χ2n) is 5.35. The standard InChI is InChI=1S/C17H22BrFO4/c1-3-4-5-6-12(2)22-16(20)9-10-17(21)23-15-8-7-13(19)11-14(15)18/h7-8,11-12H,3-6,9-10H2,1-2H3.